The number of nitrogens with one attached hydrogen (secondary N) is 2. The lowest BCUT2D eigenvalue weighted by molar-refractivity contribution is -0.114. The minimum Gasteiger partial charge on any atom is -0.484 e. The zero-order valence-electron chi connectivity index (χ0n) is 19.4. The molecule has 0 aliphatic rings. The third-order valence-corrected chi connectivity index (χ3v) is 5.43. The van der Waals surface area contributed by atoms with Gasteiger partial charge in [-0.1, -0.05) is 11.3 Å². The predicted molar refractivity (Wildman–Crippen MR) is 130 cm³/mol. The Hall–Kier alpha value is -4.94. The van der Waals surface area contributed by atoms with Gasteiger partial charge in [0.25, 0.3) is 5.91 Å². The van der Waals surface area contributed by atoms with Crippen LogP contribution in [0.5, 0.6) is 5.75 Å². The molecule has 0 saturated heterocycles. The zero-order chi connectivity index (χ0) is 26.4. The van der Waals surface area contributed by atoms with Crippen molar-refractivity contribution in [2.75, 3.05) is 31.0 Å². The molecule has 0 aliphatic heterocycles. The monoisotopic (exact) mass is 522 g/mol. The number of hydrogen-bond acceptors (Lipinski definition) is 12. The normalized spacial score (nSPS) is 10.5. The van der Waals surface area contributed by atoms with Crippen LogP contribution in [0.15, 0.2) is 45.9 Å². The number of nitriles is 1. The minimum absolute atomic E-state index is 0.0238. The number of methoxy groups -OCH3 is 1. The number of pyridine rings is 1. The van der Waals surface area contributed by atoms with E-state index >= 15 is 0 Å². The highest BCUT2D eigenvalue weighted by molar-refractivity contribution is 7.17. The van der Waals surface area contributed by atoms with E-state index in [1.54, 1.807) is 12.1 Å². The number of hydrogen-bond donors (Lipinski definition) is 2. The van der Waals surface area contributed by atoms with E-state index in [2.05, 4.69) is 30.9 Å². The third-order valence-electron chi connectivity index (χ3n) is 4.61. The Morgan fingerprint density at radius 3 is 2.81 bits per heavy atom. The van der Waals surface area contributed by atoms with Crippen molar-refractivity contribution in [3.05, 3.63) is 58.4 Å². The summed E-state index contributed by atoms with van der Waals surface area (Å²) in [6, 6.07) is 7.91. The van der Waals surface area contributed by atoms with E-state index in [1.807, 2.05) is 6.07 Å². The number of anilines is 2. The molecule has 4 aromatic heterocycles. The second kappa shape index (κ2) is 11.2. The van der Waals surface area contributed by atoms with Gasteiger partial charge in [0.1, 0.15) is 18.5 Å². The van der Waals surface area contributed by atoms with Crippen LogP contribution >= 0.6 is 11.3 Å². The summed E-state index contributed by atoms with van der Waals surface area (Å²) in [7, 11) is 1.47. The SMILES string of the molecule is COCCOc1c(-c2ncccc2C#N)cc(C(=O)Nc2nnc(-n3nccc3NC(C)=O)s2)oc1=O. The van der Waals surface area contributed by atoms with Crippen molar-refractivity contribution in [3.63, 3.8) is 0 Å². The summed E-state index contributed by atoms with van der Waals surface area (Å²) in [6.45, 7) is 1.56. The van der Waals surface area contributed by atoms with Gasteiger partial charge in [-0.05, 0) is 12.1 Å². The first kappa shape index (κ1) is 25.2. The van der Waals surface area contributed by atoms with Gasteiger partial charge in [0.05, 0.1) is 29.6 Å². The summed E-state index contributed by atoms with van der Waals surface area (Å²) in [5.41, 5.74) is -0.535. The van der Waals surface area contributed by atoms with Crippen molar-refractivity contribution >= 4 is 34.1 Å². The first-order valence-electron chi connectivity index (χ1n) is 10.5. The maximum atomic E-state index is 13.0. The molecule has 0 bridgehead atoms. The van der Waals surface area contributed by atoms with Crippen LogP contribution in [0.25, 0.3) is 16.4 Å². The largest absolute Gasteiger partial charge is 0.484 e. The third kappa shape index (κ3) is 5.66. The lowest BCUT2D eigenvalue weighted by Crippen LogP contribution is -2.18. The molecule has 0 radical (unpaired) electrons. The second-order valence-electron chi connectivity index (χ2n) is 7.15. The van der Waals surface area contributed by atoms with Gasteiger partial charge in [0.2, 0.25) is 21.9 Å². The molecule has 0 aromatic carbocycles. The molecule has 2 N–H and O–H groups in total. The van der Waals surface area contributed by atoms with Crippen LogP contribution in [0, 0.1) is 11.3 Å². The van der Waals surface area contributed by atoms with Crippen molar-refractivity contribution in [2.24, 2.45) is 0 Å². The predicted octanol–water partition coefficient (Wildman–Crippen LogP) is 1.85. The zero-order valence-corrected chi connectivity index (χ0v) is 20.2. The highest BCUT2D eigenvalue weighted by atomic mass is 32.1. The number of ether oxygens (including phenoxy) is 2. The number of aromatic nitrogens is 5. The Balaban J connectivity index is 1.65. The minimum atomic E-state index is -0.942. The Labute approximate surface area is 212 Å². The fraction of sp³-hybridized carbons (Fsp3) is 0.182. The standard InChI is InChI=1S/C22H18N8O6S/c1-12(31)26-16-5-7-25-30(16)22-29-28-21(37-22)27-19(32)15-10-14(17-13(11-23)4-3-6-24-17)18(20(33)36-15)35-9-8-34-2/h3-7,10H,8-9H2,1-2H3,(H,26,31)(H,27,28,32). The van der Waals surface area contributed by atoms with Crippen molar-refractivity contribution in [3.8, 4) is 28.2 Å². The van der Waals surface area contributed by atoms with Gasteiger partial charge >= 0.3 is 5.63 Å². The Bertz CT molecular complexity index is 1550. The van der Waals surface area contributed by atoms with Crippen LogP contribution in [0.3, 0.4) is 0 Å². The van der Waals surface area contributed by atoms with Crippen LogP contribution in [0.1, 0.15) is 23.0 Å². The molecule has 0 unspecified atom stereocenters. The molecule has 0 atom stereocenters. The quantitative estimate of drug-likeness (QED) is 0.305. The molecule has 4 aromatic rings. The van der Waals surface area contributed by atoms with Crippen molar-refractivity contribution in [1.29, 1.82) is 5.26 Å². The smallest absolute Gasteiger partial charge is 0.379 e. The highest BCUT2D eigenvalue weighted by Crippen LogP contribution is 2.30. The molecule has 188 valence electrons. The Morgan fingerprint density at radius 2 is 2.05 bits per heavy atom. The fourth-order valence-electron chi connectivity index (χ4n) is 3.09. The fourth-order valence-corrected chi connectivity index (χ4v) is 3.80. The van der Waals surface area contributed by atoms with E-state index < -0.39 is 11.5 Å². The van der Waals surface area contributed by atoms with Crippen molar-refractivity contribution in [1.82, 2.24) is 25.0 Å². The molecule has 4 heterocycles. The van der Waals surface area contributed by atoms with E-state index in [1.165, 1.54) is 43.2 Å². The van der Waals surface area contributed by atoms with Gasteiger partial charge < -0.3 is 19.2 Å². The molecule has 0 saturated carbocycles. The Morgan fingerprint density at radius 1 is 1.22 bits per heavy atom. The number of amides is 2. The van der Waals surface area contributed by atoms with E-state index in [0.29, 0.717) is 5.82 Å². The first-order chi connectivity index (χ1) is 17.9. The van der Waals surface area contributed by atoms with Crippen LogP contribution in [-0.2, 0) is 9.53 Å². The van der Waals surface area contributed by atoms with Gasteiger partial charge in [-0.3, -0.25) is 19.9 Å². The number of carbonyl (C=O) groups is 2. The van der Waals surface area contributed by atoms with E-state index in [-0.39, 0.29) is 57.7 Å². The van der Waals surface area contributed by atoms with Crippen molar-refractivity contribution in [2.45, 2.75) is 6.92 Å². The molecule has 2 amide bonds. The number of nitrogens with zero attached hydrogens (tertiary/aromatic N) is 6. The Kier molecular flexibility index (Phi) is 7.62. The van der Waals surface area contributed by atoms with Crippen LogP contribution in [0.4, 0.5) is 10.9 Å². The maximum Gasteiger partial charge on any atom is 0.379 e. The molecular formula is C22H18N8O6S. The summed E-state index contributed by atoms with van der Waals surface area (Å²) in [5.74, 6) is -1.33. The molecule has 0 aliphatic carbocycles. The van der Waals surface area contributed by atoms with Gasteiger partial charge in [-0.2, -0.15) is 15.0 Å². The summed E-state index contributed by atoms with van der Waals surface area (Å²) in [5, 5.41) is 26.9. The van der Waals surface area contributed by atoms with Gasteiger partial charge in [-0.25, -0.2) is 4.79 Å². The molecule has 0 spiro atoms. The lowest BCUT2D eigenvalue weighted by atomic mass is 10.1. The molecular weight excluding hydrogens is 504 g/mol. The molecule has 15 heteroatoms. The van der Waals surface area contributed by atoms with Gasteiger partial charge in [0, 0.05) is 32.4 Å². The average molecular weight is 523 g/mol. The van der Waals surface area contributed by atoms with Gasteiger partial charge in [-0.15, -0.1) is 10.2 Å². The van der Waals surface area contributed by atoms with E-state index in [9.17, 15) is 19.6 Å². The molecule has 4 rings (SSSR count). The van der Waals surface area contributed by atoms with Crippen LogP contribution in [-0.4, -0.2) is 57.1 Å². The summed E-state index contributed by atoms with van der Waals surface area (Å²) < 4.78 is 17.0. The van der Waals surface area contributed by atoms with E-state index in [4.69, 9.17) is 13.9 Å². The lowest BCUT2D eigenvalue weighted by Gasteiger charge is -2.11. The summed E-state index contributed by atoms with van der Waals surface area (Å²) >= 11 is 0.964. The molecule has 0 fully saturated rings. The van der Waals surface area contributed by atoms with Gasteiger partial charge in [0.15, 0.2) is 5.76 Å². The summed E-state index contributed by atoms with van der Waals surface area (Å²) in [4.78, 5) is 41.3. The first-order valence-corrected chi connectivity index (χ1v) is 11.3. The number of rotatable bonds is 9. The second-order valence-corrected chi connectivity index (χ2v) is 8.10. The maximum absolute atomic E-state index is 13.0. The van der Waals surface area contributed by atoms with Crippen LogP contribution in [0.2, 0.25) is 0 Å². The average Bonchev–Trinajstić information content (AvgIpc) is 3.53. The molecule has 37 heavy (non-hydrogen) atoms. The topological polar surface area (TPSA) is 187 Å². The summed E-state index contributed by atoms with van der Waals surface area (Å²) in [6.07, 6.45) is 2.90. The number of carbonyl (C=O) groups excluding carboxylic acids is 2. The van der Waals surface area contributed by atoms with Crippen LogP contribution < -0.4 is 21.0 Å². The van der Waals surface area contributed by atoms with E-state index in [0.717, 1.165) is 11.3 Å². The van der Waals surface area contributed by atoms with Crippen molar-refractivity contribution < 1.29 is 23.5 Å². The highest BCUT2D eigenvalue weighted by Gasteiger charge is 2.23. The molecule has 14 nitrogen and oxygen atoms in total.